The summed E-state index contributed by atoms with van der Waals surface area (Å²) in [5.41, 5.74) is 1.01. The Labute approximate surface area is 121 Å². The molecule has 5 heteroatoms. The van der Waals surface area contributed by atoms with Crippen LogP contribution < -0.4 is 10.2 Å². The van der Waals surface area contributed by atoms with Gasteiger partial charge in [-0.3, -0.25) is 9.59 Å². The molecule has 1 amide bonds. The van der Waals surface area contributed by atoms with E-state index in [4.69, 9.17) is 0 Å². The van der Waals surface area contributed by atoms with Crippen LogP contribution in [0.3, 0.4) is 0 Å². The molecule has 1 aliphatic rings. The summed E-state index contributed by atoms with van der Waals surface area (Å²) in [4.78, 5) is 25.4. The first-order valence-corrected chi connectivity index (χ1v) is 7.00. The number of nitrogens with zero attached hydrogens (tertiary/aromatic N) is 1. The van der Waals surface area contributed by atoms with E-state index < -0.39 is 5.54 Å². The number of carbonyl (C=O) groups is 2. The van der Waals surface area contributed by atoms with Gasteiger partial charge in [0.15, 0.2) is 5.78 Å². The van der Waals surface area contributed by atoms with Crippen molar-refractivity contribution in [2.45, 2.75) is 26.3 Å². The van der Waals surface area contributed by atoms with Crippen LogP contribution in [0.1, 0.15) is 31.1 Å². The molecular formula is C14H17BrN2O2. The number of hydrogen-bond donors (Lipinski definition) is 1. The number of rotatable bonds is 2. The molecule has 0 aromatic heterocycles. The highest BCUT2D eigenvalue weighted by Gasteiger charge is 2.37. The zero-order valence-corrected chi connectivity index (χ0v) is 12.9. The van der Waals surface area contributed by atoms with Gasteiger partial charge in [0.2, 0.25) is 5.91 Å². The monoisotopic (exact) mass is 324 g/mol. The molecule has 1 aromatic carbocycles. The summed E-state index contributed by atoms with van der Waals surface area (Å²) in [7, 11) is 0. The molecular weight excluding hydrogens is 308 g/mol. The highest BCUT2D eigenvalue weighted by molar-refractivity contribution is 9.10. The molecule has 0 unspecified atom stereocenters. The van der Waals surface area contributed by atoms with Crippen molar-refractivity contribution in [1.82, 2.24) is 5.32 Å². The Kier molecular flexibility index (Phi) is 3.67. The first kappa shape index (κ1) is 14.1. The van der Waals surface area contributed by atoms with Gasteiger partial charge in [0.1, 0.15) is 5.54 Å². The lowest BCUT2D eigenvalue weighted by molar-refractivity contribution is -0.126. The normalized spacial score (nSPS) is 18.1. The van der Waals surface area contributed by atoms with Gasteiger partial charge in [0, 0.05) is 28.8 Å². The molecule has 102 valence electrons. The Morgan fingerprint density at radius 1 is 1.42 bits per heavy atom. The third-order valence-electron chi connectivity index (χ3n) is 3.50. The van der Waals surface area contributed by atoms with Crippen molar-refractivity contribution < 1.29 is 9.59 Å². The Morgan fingerprint density at radius 3 is 2.68 bits per heavy atom. The molecule has 0 spiro atoms. The van der Waals surface area contributed by atoms with E-state index in [0.29, 0.717) is 12.1 Å². The van der Waals surface area contributed by atoms with E-state index in [1.165, 1.54) is 6.92 Å². The highest BCUT2D eigenvalue weighted by Crippen LogP contribution is 2.30. The van der Waals surface area contributed by atoms with Crippen molar-refractivity contribution in [3.8, 4) is 0 Å². The summed E-state index contributed by atoms with van der Waals surface area (Å²) in [6.07, 6.45) is 0. The standard InChI is InChI=1S/C14H17BrN2O2/c1-9(18)11-5-4-10(8-12(11)15)17-7-6-16-13(19)14(17,2)3/h4-5,8H,6-7H2,1-3H3,(H,16,19). The second-order valence-electron chi connectivity index (χ2n) is 5.19. The fourth-order valence-electron chi connectivity index (χ4n) is 2.31. The molecule has 0 saturated carbocycles. The van der Waals surface area contributed by atoms with E-state index in [1.54, 1.807) is 6.07 Å². The average molecular weight is 325 g/mol. The number of anilines is 1. The van der Waals surface area contributed by atoms with Crippen molar-refractivity contribution in [3.05, 3.63) is 28.2 Å². The molecule has 1 aromatic rings. The summed E-state index contributed by atoms with van der Waals surface area (Å²) in [6.45, 7) is 6.72. The van der Waals surface area contributed by atoms with E-state index >= 15 is 0 Å². The molecule has 0 aliphatic carbocycles. The summed E-state index contributed by atoms with van der Waals surface area (Å²) < 4.78 is 0.763. The number of nitrogens with one attached hydrogen (secondary N) is 1. The molecule has 1 heterocycles. The van der Waals surface area contributed by atoms with E-state index in [2.05, 4.69) is 26.1 Å². The minimum Gasteiger partial charge on any atom is -0.356 e. The van der Waals surface area contributed by atoms with Gasteiger partial charge in [-0.15, -0.1) is 0 Å². The molecule has 4 nitrogen and oxygen atoms in total. The lowest BCUT2D eigenvalue weighted by atomic mass is 9.97. The molecule has 1 N–H and O–H groups in total. The van der Waals surface area contributed by atoms with Crippen LogP contribution in [0.25, 0.3) is 0 Å². The first-order valence-electron chi connectivity index (χ1n) is 6.20. The summed E-state index contributed by atoms with van der Waals surface area (Å²) >= 11 is 3.42. The van der Waals surface area contributed by atoms with E-state index in [9.17, 15) is 9.59 Å². The number of halogens is 1. The maximum atomic E-state index is 11.9. The molecule has 0 radical (unpaired) electrons. The largest absolute Gasteiger partial charge is 0.356 e. The Bertz CT molecular complexity index is 540. The van der Waals surface area contributed by atoms with E-state index in [-0.39, 0.29) is 11.7 Å². The first-order chi connectivity index (χ1) is 8.84. The van der Waals surface area contributed by atoms with Gasteiger partial charge in [0.05, 0.1) is 0 Å². The Balaban J connectivity index is 2.39. The fourth-order valence-corrected chi connectivity index (χ4v) is 2.95. The Morgan fingerprint density at radius 2 is 2.11 bits per heavy atom. The maximum absolute atomic E-state index is 11.9. The maximum Gasteiger partial charge on any atom is 0.245 e. The SMILES string of the molecule is CC(=O)c1ccc(N2CCNC(=O)C2(C)C)cc1Br. The fraction of sp³-hybridized carbons (Fsp3) is 0.429. The molecule has 1 fully saturated rings. The van der Waals surface area contributed by atoms with Gasteiger partial charge < -0.3 is 10.2 Å². The number of piperazine rings is 1. The smallest absolute Gasteiger partial charge is 0.245 e. The number of Topliss-reactive ketones (excluding diaryl/α,β-unsaturated/α-hetero) is 1. The molecule has 1 aliphatic heterocycles. The zero-order chi connectivity index (χ0) is 14.2. The molecule has 0 atom stereocenters. The van der Waals surface area contributed by atoms with Crippen LogP contribution >= 0.6 is 15.9 Å². The lowest BCUT2D eigenvalue weighted by Crippen LogP contribution is -2.62. The Hall–Kier alpha value is -1.36. The quantitative estimate of drug-likeness (QED) is 0.850. The second-order valence-corrected chi connectivity index (χ2v) is 6.04. The average Bonchev–Trinajstić information content (AvgIpc) is 2.32. The molecule has 0 bridgehead atoms. The predicted octanol–water partition coefficient (Wildman–Crippen LogP) is 2.37. The van der Waals surface area contributed by atoms with Crippen molar-refractivity contribution in [3.63, 3.8) is 0 Å². The number of ketones is 1. The second kappa shape index (κ2) is 4.96. The third kappa shape index (κ3) is 2.52. The number of carbonyl (C=O) groups excluding carboxylic acids is 2. The van der Waals surface area contributed by atoms with Gasteiger partial charge >= 0.3 is 0 Å². The van der Waals surface area contributed by atoms with Crippen LogP contribution in [0, 0.1) is 0 Å². The van der Waals surface area contributed by atoms with Crippen LogP contribution in [0.5, 0.6) is 0 Å². The highest BCUT2D eigenvalue weighted by atomic mass is 79.9. The van der Waals surface area contributed by atoms with Crippen LogP contribution in [-0.4, -0.2) is 30.3 Å². The lowest BCUT2D eigenvalue weighted by Gasteiger charge is -2.43. The van der Waals surface area contributed by atoms with Crippen LogP contribution in [0.4, 0.5) is 5.69 Å². The topological polar surface area (TPSA) is 49.4 Å². The molecule has 19 heavy (non-hydrogen) atoms. The minimum atomic E-state index is -0.588. The van der Waals surface area contributed by atoms with Crippen LogP contribution in [0.2, 0.25) is 0 Å². The van der Waals surface area contributed by atoms with Crippen LogP contribution in [-0.2, 0) is 4.79 Å². The van der Waals surface area contributed by atoms with Crippen molar-refractivity contribution in [2.24, 2.45) is 0 Å². The summed E-state index contributed by atoms with van der Waals surface area (Å²) in [5.74, 6) is 0.0413. The van der Waals surface area contributed by atoms with E-state index in [1.807, 2.05) is 26.0 Å². The van der Waals surface area contributed by atoms with Gasteiger partial charge in [-0.25, -0.2) is 0 Å². The van der Waals surface area contributed by atoms with Gasteiger partial charge in [-0.2, -0.15) is 0 Å². The minimum absolute atomic E-state index is 0.0190. The van der Waals surface area contributed by atoms with Gasteiger partial charge in [-0.05, 0) is 54.9 Å². The van der Waals surface area contributed by atoms with Crippen LogP contribution in [0.15, 0.2) is 22.7 Å². The third-order valence-corrected chi connectivity index (χ3v) is 4.15. The predicted molar refractivity (Wildman–Crippen MR) is 78.6 cm³/mol. The summed E-state index contributed by atoms with van der Waals surface area (Å²) in [6, 6.07) is 5.59. The number of benzene rings is 1. The van der Waals surface area contributed by atoms with Crippen molar-refractivity contribution in [2.75, 3.05) is 18.0 Å². The number of hydrogen-bond acceptors (Lipinski definition) is 3. The molecule has 1 saturated heterocycles. The van der Waals surface area contributed by atoms with Crippen molar-refractivity contribution >= 4 is 33.3 Å². The van der Waals surface area contributed by atoms with Gasteiger partial charge in [-0.1, -0.05) is 0 Å². The zero-order valence-electron chi connectivity index (χ0n) is 11.3. The molecule has 2 rings (SSSR count). The number of amides is 1. The van der Waals surface area contributed by atoms with Gasteiger partial charge in [0.25, 0.3) is 0 Å². The van der Waals surface area contributed by atoms with Crippen molar-refractivity contribution in [1.29, 1.82) is 0 Å². The van der Waals surface area contributed by atoms with E-state index in [0.717, 1.165) is 16.7 Å². The summed E-state index contributed by atoms with van der Waals surface area (Å²) in [5, 5.41) is 2.87.